The van der Waals surface area contributed by atoms with Gasteiger partial charge in [-0.25, -0.2) is 4.79 Å². The summed E-state index contributed by atoms with van der Waals surface area (Å²) < 4.78 is 0. The highest BCUT2D eigenvalue weighted by Crippen LogP contribution is 2.34. The Morgan fingerprint density at radius 1 is 1.35 bits per heavy atom. The molecule has 0 aromatic carbocycles. The van der Waals surface area contributed by atoms with E-state index in [9.17, 15) is 4.79 Å². The van der Waals surface area contributed by atoms with Crippen molar-refractivity contribution in [1.82, 2.24) is 10.2 Å². The number of nitrogens with two attached hydrogens (primary N) is 1. The van der Waals surface area contributed by atoms with Crippen molar-refractivity contribution in [3.63, 3.8) is 0 Å². The molecule has 0 radical (unpaired) electrons. The molecular formula is C14H28N4O2. The standard InChI is InChI=1S/C14H28N4O2/c1-4-11-7-9-14(10-8-11,12(15)17-20)16-13(19)18(5-2)6-3/h11,20H,4-10H2,1-3H3,(H2,15,17)(H,16,19). The number of urea groups is 1. The number of hydrogen-bond acceptors (Lipinski definition) is 3. The van der Waals surface area contributed by atoms with Gasteiger partial charge in [0.25, 0.3) is 0 Å². The molecule has 1 rings (SSSR count). The lowest BCUT2D eigenvalue weighted by Gasteiger charge is -2.40. The Morgan fingerprint density at radius 2 is 1.90 bits per heavy atom. The first kappa shape index (κ1) is 16.6. The van der Waals surface area contributed by atoms with Crippen LogP contribution in [0.1, 0.15) is 52.9 Å². The smallest absolute Gasteiger partial charge is 0.318 e. The highest BCUT2D eigenvalue weighted by atomic mass is 16.4. The second-order valence-electron chi connectivity index (χ2n) is 5.52. The molecule has 6 heteroatoms. The third-order valence-electron chi connectivity index (χ3n) is 4.53. The Labute approximate surface area is 121 Å². The van der Waals surface area contributed by atoms with Crippen molar-refractivity contribution in [2.45, 2.75) is 58.4 Å². The molecule has 1 aliphatic rings. The first-order valence-corrected chi connectivity index (χ1v) is 7.58. The third-order valence-corrected chi connectivity index (χ3v) is 4.53. The Hall–Kier alpha value is -1.46. The largest absolute Gasteiger partial charge is 0.409 e. The second-order valence-corrected chi connectivity index (χ2v) is 5.52. The minimum atomic E-state index is -0.694. The minimum Gasteiger partial charge on any atom is -0.409 e. The summed E-state index contributed by atoms with van der Waals surface area (Å²) in [6, 6.07) is -0.142. The van der Waals surface area contributed by atoms with Crippen molar-refractivity contribution < 1.29 is 10.0 Å². The van der Waals surface area contributed by atoms with E-state index < -0.39 is 5.54 Å². The molecule has 1 saturated carbocycles. The van der Waals surface area contributed by atoms with E-state index in [1.807, 2.05) is 13.8 Å². The van der Waals surface area contributed by atoms with Gasteiger partial charge in [0.15, 0.2) is 5.84 Å². The number of carbonyl (C=O) groups is 1. The van der Waals surface area contributed by atoms with Crippen molar-refractivity contribution in [3.05, 3.63) is 0 Å². The maximum Gasteiger partial charge on any atom is 0.318 e. The average molecular weight is 284 g/mol. The topological polar surface area (TPSA) is 91.0 Å². The molecular weight excluding hydrogens is 256 g/mol. The van der Waals surface area contributed by atoms with E-state index in [0.29, 0.717) is 19.0 Å². The van der Waals surface area contributed by atoms with Gasteiger partial charge in [0.1, 0.15) is 5.54 Å². The summed E-state index contributed by atoms with van der Waals surface area (Å²) in [6.45, 7) is 7.34. The molecule has 0 saturated heterocycles. The first-order valence-electron chi connectivity index (χ1n) is 7.58. The van der Waals surface area contributed by atoms with Crippen LogP contribution >= 0.6 is 0 Å². The molecule has 1 aliphatic carbocycles. The maximum atomic E-state index is 12.3. The molecule has 20 heavy (non-hydrogen) atoms. The van der Waals surface area contributed by atoms with Crippen LogP contribution in [-0.2, 0) is 0 Å². The van der Waals surface area contributed by atoms with Crippen LogP contribution in [0.5, 0.6) is 0 Å². The Morgan fingerprint density at radius 3 is 2.30 bits per heavy atom. The molecule has 0 aromatic rings. The number of oxime groups is 1. The van der Waals surface area contributed by atoms with Gasteiger partial charge < -0.3 is 21.2 Å². The summed E-state index contributed by atoms with van der Waals surface area (Å²) in [6.07, 6.45) is 4.58. The van der Waals surface area contributed by atoms with E-state index in [0.717, 1.165) is 32.1 Å². The van der Waals surface area contributed by atoms with Gasteiger partial charge in [-0.3, -0.25) is 0 Å². The van der Waals surface area contributed by atoms with Gasteiger partial charge in [-0.2, -0.15) is 0 Å². The number of carbonyl (C=O) groups excluding carboxylic acids is 1. The molecule has 0 spiro atoms. The molecule has 0 unspecified atom stereocenters. The van der Waals surface area contributed by atoms with Crippen LogP contribution in [0.3, 0.4) is 0 Å². The number of amides is 2. The Kier molecular flexibility index (Phi) is 6.10. The Bertz CT molecular complexity index is 345. The molecule has 116 valence electrons. The first-order chi connectivity index (χ1) is 9.52. The molecule has 6 nitrogen and oxygen atoms in total. The predicted octanol–water partition coefficient (Wildman–Crippen LogP) is 2.12. The van der Waals surface area contributed by atoms with Gasteiger partial charge in [0, 0.05) is 13.1 Å². The van der Waals surface area contributed by atoms with E-state index in [-0.39, 0.29) is 11.9 Å². The van der Waals surface area contributed by atoms with E-state index in [2.05, 4.69) is 17.4 Å². The fraction of sp³-hybridized carbons (Fsp3) is 0.857. The zero-order chi connectivity index (χ0) is 15.2. The summed E-state index contributed by atoms with van der Waals surface area (Å²) in [5.41, 5.74) is 5.17. The number of hydrogen-bond donors (Lipinski definition) is 3. The van der Waals surface area contributed by atoms with Gasteiger partial charge in [0.05, 0.1) is 0 Å². The van der Waals surface area contributed by atoms with Crippen molar-refractivity contribution in [2.24, 2.45) is 16.8 Å². The van der Waals surface area contributed by atoms with Gasteiger partial charge in [-0.1, -0.05) is 18.5 Å². The van der Waals surface area contributed by atoms with Gasteiger partial charge in [0.2, 0.25) is 0 Å². The molecule has 1 fully saturated rings. The zero-order valence-corrected chi connectivity index (χ0v) is 12.9. The normalized spacial score (nSPS) is 27.1. The van der Waals surface area contributed by atoms with E-state index in [1.165, 1.54) is 0 Å². The van der Waals surface area contributed by atoms with Gasteiger partial charge >= 0.3 is 6.03 Å². The third kappa shape index (κ3) is 3.55. The van der Waals surface area contributed by atoms with Crippen LogP contribution in [-0.4, -0.2) is 40.6 Å². The van der Waals surface area contributed by atoms with Crippen LogP contribution in [0, 0.1) is 5.92 Å². The predicted molar refractivity (Wildman–Crippen MR) is 79.8 cm³/mol. The number of nitrogens with one attached hydrogen (secondary N) is 1. The molecule has 0 aliphatic heterocycles. The molecule has 2 amide bonds. The Balaban J connectivity index is 2.83. The fourth-order valence-electron chi connectivity index (χ4n) is 2.91. The highest BCUT2D eigenvalue weighted by Gasteiger charge is 2.40. The van der Waals surface area contributed by atoms with E-state index >= 15 is 0 Å². The number of rotatable bonds is 5. The fourth-order valence-corrected chi connectivity index (χ4v) is 2.91. The average Bonchev–Trinajstić information content (AvgIpc) is 2.48. The molecule has 0 bridgehead atoms. The summed E-state index contributed by atoms with van der Waals surface area (Å²) in [7, 11) is 0. The van der Waals surface area contributed by atoms with Crippen molar-refractivity contribution in [1.29, 1.82) is 0 Å². The van der Waals surface area contributed by atoms with Crippen LogP contribution in [0.2, 0.25) is 0 Å². The van der Waals surface area contributed by atoms with Gasteiger partial charge in [-0.15, -0.1) is 0 Å². The van der Waals surface area contributed by atoms with Crippen molar-refractivity contribution in [3.8, 4) is 0 Å². The summed E-state index contributed by atoms with van der Waals surface area (Å²) >= 11 is 0. The lowest BCUT2D eigenvalue weighted by Crippen LogP contribution is -2.61. The summed E-state index contributed by atoms with van der Waals surface area (Å²) in [5, 5.41) is 15.2. The van der Waals surface area contributed by atoms with E-state index in [4.69, 9.17) is 10.9 Å². The van der Waals surface area contributed by atoms with Crippen molar-refractivity contribution in [2.75, 3.05) is 13.1 Å². The van der Waals surface area contributed by atoms with E-state index in [1.54, 1.807) is 4.90 Å². The lowest BCUT2D eigenvalue weighted by atomic mass is 9.75. The number of nitrogens with zero attached hydrogens (tertiary/aromatic N) is 2. The highest BCUT2D eigenvalue weighted by molar-refractivity contribution is 5.93. The van der Waals surface area contributed by atoms with Crippen LogP contribution in [0.25, 0.3) is 0 Å². The maximum absolute atomic E-state index is 12.3. The second kappa shape index (κ2) is 7.36. The molecule has 4 N–H and O–H groups in total. The number of amidine groups is 1. The quantitative estimate of drug-likeness (QED) is 0.312. The van der Waals surface area contributed by atoms with Crippen LogP contribution < -0.4 is 11.1 Å². The minimum absolute atomic E-state index is 0.118. The zero-order valence-electron chi connectivity index (χ0n) is 12.9. The summed E-state index contributed by atoms with van der Waals surface area (Å²) in [5.74, 6) is 0.785. The molecule has 0 heterocycles. The van der Waals surface area contributed by atoms with Crippen LogP contribution in [0.15, 0.2) is 5.16 Å². The monoisotopic (exact) mass is 284 g/mol. The van der Waals surface area contributed by atoms with Crippen LogP contribution in [0.4, 0.5) is 4.79 Å². The van der Waals surface area contributed by atoms with Gasteiger partial charge in [-0.05, 0) is 45.4 Å². The molecule has 0 atom stereocenters. The van der Waals surface area contributed by atoms with Crippen molar-refractivity contribution >= 4 is 11.9 Å². The summed E-state index contributed by atoms with van der Waals surface area (Å²) in [4.78, 5) is 14.0. The molecule has 0 aromatic heterocycles. The lowest BCUT2D eigenvalue weighted by molar-refractivity contribution is 0.178. The SMILES string of the molecule is CCC1CCC(NC(=O)N(CC)CC)(C(N)=NO)CC1.